The molecule has 0 saturated carbocycles. The monoisotopic (exact) mass is 523 g/mol. The molecule has 0 spiro atoms. The molecular formula is C38H25N3. The van der Waals surface area contributed by atoms with Crippen molar-refractivity contribution in [3.63, 3.8) is 0 Å². The minimum absolute atomic E-state index is 1.16. The van der Waals surface area contributed by atoms with Gasteiger partial charge in [-0.25, -0.2) is 0 Å². The SMILES string of the molecule is c1ccc(-c2c3c(c4cc(-n5c6ccccc6c6ccccc65)ccc4n3-c3ccccc3)c3ccccn23)cc1. The van der Waals surface area contributed by atoms with Crippen LogP contribution in [0.3, 0.4) is 0 Å². The van der Waals surface area contributed by atoms with Gasteiger partial charge in [0.25, 0.3) is 0 Å². The Morgan fingerprint density at radius 1 is 0.390 bits per heavy atom. The van der Waals surface area contributed by atoms with E-state index in [4.69, 9.17) is 0 Å². The molecule has 41 heavy (non-hydrogen) atoms. The van der Waals surface area contributed by atoms with Gasteiger partial charge in [-0.1, -0.05) is 91.0 Å². The van der Waals surface area contributed by atoms with Gasteiger partial charge in [-0.2, -0.15) is 0 Å². The van der Waals surface area contributed by atoms with Gasteiger partial charge in [0.1, 0.15) is 0 Å². The average Bonchev–Trinajstić information content (AvgIpc) is 3.67. The van der Waals surface area contributed by atoms with Gasteiger partial charge in [-0.3, -0.25) is 0 Å². The van der Waals surface area contributed by atoms with Crippen LogP contribution in [-0.4, -0.2) is 13.5 Å². The third-order valence-electron chi connectivity index (χ3n) is 8.43. The van der Waals surface area contributed by atoms with Gasteiger partial charge >= 0.3 is 0 Å². The van der Waals surface area contributed by atoms with Crippen molar-refractivity contribution in [1.29, 1.82) is 0 Å². The highest BCUT2D eigenvalue weighted by molar-refractivity contribution is 6.21. The number of hydrogen-bond donors (Lipinski definition) is 0. The zero-order valence-electron chi connectivity index (χ0n) is 22.3. The maximum absolute atomic E-state index is 2.44. The van der Waals surface area contributed by atoms with Crippen molar-refractivity contribution in [1.82, 2.24) is 13.5 Å². The lowest BCUT2D eigenvalue weighted by Gasteiger charge is -2.12. The number of para-hydroxylation sites is 3. The summed E-state index contributed by atoms with van der Waals surface area (Å²) in [5, 5.41) is 5.06. The topological polar surface area (TPSA) is 14.3 Å². The van der Waals surface area contributed by atoms with Crippen LogP contribution in [0.1, 0.15) is 0 Å². The van der Waals surface area contributed by atoms with Crippen LogP contribution in [0.25, 0.3) is 71.8 Å². The molecular weight excluding hydrogens is 498 g/mol. The van der Waals surface area contributed by atoms with E-state index in [0.29, 0.717) is 0 Å². The molecule has 0 amide bonds. The van der Waals surface area contributed by atoms with E-state index in [1.165, 1.54) is 66.1 Å². The minimum Gasteiger partial charge on any atom is -0.314 e. The summed E-state index contributed by atoms with van der Waals surface area (Å²) in [5.41, 5.74) is 10.8. The summed E-state index contributed by atoms with van der Waals surface area (Å²) in [6, 6.07) is 52.4. The molecule has 4 aromatic heterocycles. The molecule has 4 heterocycles. The summed E-state index contributed by atoms with van der Waals surface area (Å²) in [5.74, 6) is 0. The summed E-state index contributed by atoms with van der Waals surface area (Å²) in [6.45, 7) is 0. The molecule has 0 atom stereocenters. The summed E-state index contributed by atoms with van der Waals surface area (Å²) < 4.78 is 7.20. The molecule has 0 saturated heterocycles. The van der Waals surface area contributed by atoms with E-state index in [1.54, 1.807) is 0 Å². The number of fused-ring (bicyclic) bond motifs is 8. The van der Waals surface area contributed by atoms with Gasteiger partial charge in [0.05, 0.1) is 33.3 Å². The van der Waals surface area contributed by atoms with Crippen LogP contribution in [0.2, 0.25) is 0 Å². The molecule has 0 aliphatic carbocycles. The second-order valence-electron chi connectivity index (χ2n) is 10.6. The fraction of sp³-hybridized carbons (Fsp3) is 0. The van der Waals surface area contributed by atoms with Crippen molar-refractivity contribution in [3.8, 4) is 22.6 Å². The number of pyridine rings is 1. The van der Waals surface area contributed by atoms with E-state index >= 15 is 0 Å². The predicted octanol–water partition coefficient (Wildman–Crippen LogP) is 9.80. The third-order valence-corrected chi connectivity index (χ3v) is 8.43. The van der Waals surface area contributed by atoms with Crippen molar-refractivity contribution < 1.29 is 0 Å². The fourth-order valence-corrected chi connectivity index (χ4v) is 6.78. The standard InChI is InChI=1S/C38H25N3/c1-3-13-26(14-4-1)37-38-36(35-21-11-12-24-39(35)37)31-25-28(22-23-34(31)41(38)27-15-5-2-6-16-27)40-32-19-9-7-17-29(32)30-18-8-10-20-33(30)40/h1-25H. The number of aromatic nitrogens is 3. The van der Waals surface area contributed by atoms with Crippen molar-refractivity contribution >= 4 is 49.1 Å². The second-order valence-corrected chi connectivity index (χ2v) is 10.6. The smallest absolute Gasteiger partial charge is 0.0809 e. The van der Waals surface area contributed by atoms with Crippen molar-refractivity contribution in [3.05, 3.63) is 152 Å². The van der Waals surface area contributed by atoms with E-state index in [2.05, 4.69) is 165 Å². The first kappa shape index (κ1) is 22.3. The first-order valence-corrected chi connectivity index (χ1v) is 14.0. The summed E-state index contributed by atoms with van der Waals surface area (Å²) in [4.78, 5) is 0. The Labute approximate surface area is 236 Å². The quantitative estimate of drug-likeness (QED) is 0.219. The lowest BCUT2D eigenvalue weighted by Crippen LogP contribution is -1.97. The zero-order valence-corrected chi connectivity index (χ0v) is 22.3. The van der Waals surface area contributed by atoms with Crippen LogP contribution in [0.5, 0.6) is 0 Å². The Morgan fingerprint density at radius 3 is 1.71 bits per heavy atom. The lowest BCUT2D eigenvalue weighted by atomic mass is 10.1. The summed E-state index contributed by atoms with van der Waals surface area (Å²) in [6.07, 6.45) is 2.19. The highest BCUT2D eigenvalue weighted by Crippen LogP contribution is 2.43. The Morgan fingerprint density at radius 2 is 0.976 bits per heavy atom. The Bertz CT molecular complexity index is 2350. The molecule has 0 bridgehead atoms. The van der Waals surface area contributed by atoms with E-state index in [9.17, 15) is 0 Å². The normalized spacial score (nSPS) is 11.9. The van der Waals surface area contributed by atoms with Crippen LogP contribution < -0.4 is 0 Å². The van der Waals surface area contributed by atoms with Gasteiger partial charge in [0, 0.05) is 44.7 Å². The van der Waals surface area contributed by atoms with Crippen molar-refractivity contribution in [2.45, 2.75) is 0 Å². The lowest BCUT2D eigenvalue weighted by molar-refractivity contribution is 1.15. The largest absolute Gasteiger partial charge is 0.314 e. The molecule has 0 N–H and O–H groups in total. The van der Waals surface area contributed by atoms with Crippen LogP contribution >= 0.6 is 0 Å². The van der Waals surface area contributed by atoms with E-state index in [-0.39, 0.29) is 0 Å². The van der Waals surface area contributed by atoms with E-state index < -0.39 is 0 Å². The van der Waals surface area contributed by atoms with E-state index in [1.807, 2.05) is 0 Å². The third kappa shape index (κ3) is 3.09. The molecule has 3 heteroatoms. The molecule has 192 valence electrons. The van der Waals surface area contributed by atoms with Gasteiger partial charge < -0.3 is 13.5 Å². The van der Waals surface area contributed by atoms with Gasteiger partial charge in [0.15, 0.2) is 0 Å². The summed E-state index contributed by atoms with van der Waals surface area (Å²) in [7, 11) is 0. The zero-order chi connectivity index (χ0) is 26.9. The highest BCUT2D eigenvalue weighted by atomic mass is 15.0. The molecule has 9 aromatic rings. The fourth-order valence-electron chi connectivity index (χ4n) is 6.78. The number of hydrogen-bond acceptors (Lipinski definition) is 0. The number of rotatable bonds is 3. The number of nitrogens with zero attached hydrogens (tertiary/aromatic N) is 3. The van der Waals surface area contributed by atoms with Gasteiger partial charge in [-0.15, -0.1) is 0 Å². The van der Waals surface area contributed by atoms with Crippen LogP contribution in [0, 0.1) is 0 Å². The maximum atomic E-state index is 2.44. The van der Waals surface area contributed by atoms with Gasteiger partial charge in [-0.05, 0) is 54.6 Å². The number of benzene rings is 5. The Kier molecular flexibility index (Phi) is 4.61. The molecule has 3 nitrogen and oxygen atoms in total. The molecule has 9 rings (SSSR count). The Hall–Kier alpha value is -5.54. The molecule has 0 fully saturated rings. The second kappa shape index (κ2) is 8.48. The first-order valence-electron chi connectivity index (χ1n) is 14.0. The minimum atomic E-state index is 1.16. The first-order chi connectivity index (χ1) is 20.4. The van der Waals surface area contributed by atoms with Crippen LogP contribution in [0.4, 0.5) is 0 Å². The predicted molar refractivity (Wildman–Crippen MR) is 172 cm³/mol. The van der Waals surface area contributed by atoms with Crippen LogP contribution in [0.15, 0.2) is 152 Å². The van der Waals surface area contributed by atoms with Crippen molar-refractivity contribution in [2.75, 3.05) is 0 Å². The van der Waals surface area contributed by atoms with Gasteiger partial charge in [0.2, 0.25) is 0 Å². The molecule has 0 aliphatic heterocycles. The molecule has 0 unspecified atom stereocenters. The average molecular weight is 524 g/mol. The molecule has 0 aliphatic rings. The maximum Gasteiger partial charge on any atom is 0.0809 e. The molecule has 5 aromatic carbocycles. The highest BCUT2D eigenvalue weighted by Gasteiger charge is 2.23. The summed E-state index contributed by atoms with van der Waals surface area (Å²) >= 11 is 0. The van der Waals surface area contributed by atoms with E-state index in [0.717, 1.165) is 5.69 Å². The Balaban J connectivity index is 1.47. The van der Waals surface area contributed by atoms with Crippen molar-refractivity contribution in [2.24, 2.45) is 0 Å². The van der Waals surface area contributed by atoms with Crippen LogP contribution in [-0.2, 0) is 0 Å². The molecule has 0 radical (unpaired) electrons.